The van der Waals surface area contributed by atoms with Crippen molar-refractivity contribution < 1.29 is 36.2 Å². The average molecular weight is 461 g/mol. The van der Waals surface area contributed by atoms with E-state index in [1.165, 1.54) is 7.11 Å². The maximum atomic E-state index is 14.9. The van der Waals surface area contributed by atoms with Gasteiger partial charge in [-0.2, -0.15) is 27.8 Å². The van der Waals surface area contributed by atoms with E-state index < -0.39 is 29.4 Å². The highest BCUT2D eigenvalue weighted by atomic mass is 19.4. The molecule has 0 aliphatic carbocycles. The molecule has 1 N–H and O–H groups in total. The second-order valence-corrected chi connectivity index (χ2v) is 6.62. The molecule has 0 radical (unpaired) electrons. The van der Waals surface area contributed by atoms with Gasteiger partial charge in [0.2, 0.25) is 0 Å². The van der Waals surface area contributed by atoms with Gasteiger partial charge in [0, 0.05) is 31.0 Å². The molecule has 13 heteroatoms. The topological polar surface area (TPSA) is 82.8 Å². The molecule has 0 aliphatic heterocycles. The van der Waals surface area contributed by atoms with Crippen LogP contribution in [0.25, 0.3) is 16.9 Å². The van der Waals surface area contributed by atoms with E-state index in [1.807, 2.05) is 0 Å². The Bertz CT molecular complexity index is 1040. The first-order chi connectivity index (χ1) is 15.2. The monoisotopic (exact) mass is 461 g/mol. The normalized spacial score (nSPS) is 12.8. The van der Waals surface area contributed by atoms with Gasteiger partial charge in [0.25, 0.3) is 5.78 Å². The van der Waals surface area contributed by atoms with E-state index in [-0.39, 0.29) is 36.1 Å². The number of alkyl halides is 3. The summed E-state index contributed by atoms with van der Waals surface area (Å²) in [6.07, 6.45) is -2.53. The standard InChI is InChI=1S/C19H20F5N5O3/c1-11(19(22,23)24)28-17-13(9-25-18-26-10-27-29(17)18)16-14(20)7-12(8-15(16)21)32-6-5-31-4-3-30-2/h7-11,28H,3-6H2,1-2H3. The first-order valence-corrected chi connectivity index (χ1v) is 9.43. The summed E-state index contributed by atoms with van der Waals surface area (Å²) in [4.78, 5) is 7.71. The van der Waals surface area contributed by atoms with Gasteiger partial charge in [0.05, 0.1) is 25.4 Å². The lowest BCUT2D eigenvalue weighted by Crippen LogP contribution is -2.34. The lowest BCUT2D eigenvalue weighted by Gasteiger charge is -2.21. The van der Waals surface area contributed by atoms with E-state index >= 15 is 0 Å². The Kier molecular flexibility index (Phi) is 7.40. The first-order valence-electron chi connectivity index (χ1n) is 9.43. The van der Waals surface area contributed by atoms with Crippen LogP contribution in [0.2, 0.25) is 0 Å². The summed E-state index contributed by atoms with van der Waals surface area (Å²) >= 11 is 0. The van der Waals surface area contributed by atoms with Gasteiger partial charge < -0.3 is 19.5 Å². The van der Waals surface area contributed by atoms with Crippen LogP contribution >= 0.6 is 0 Å². The second-order valence-electron chi connectivity index (χ2n) is 6.62. The molecule has 3 aromatic rings. The Morgan fingerprint density at radius 2 is 1.75 bits per heavy atom. The van der Waals surface area contributed by atoms with Crippen molar-refractivity contribution >= 4 is 11.6 Å². The summed E-state index contributed by atoms with van der Waals surface area (Å²) in [5.74, 6) is -2.56. The second kappa shape index (κ2) is 10.0. The zero-order valence-corrected chi connectivity index (χ0v) is 17.1. The van der Waals surface area contributed by atoms with Crippen LogP contribution in [0, 0.1) is 11.6 Å². The van der Waals surface area contributed by atoms with E-state index in [1.54, 1.807) is 0 Å². The number of rotatable bonds is 10. The number of hydrogen-bond donors (Lipinski definition) is 1. The smallest absolute Gasteiger partial charge is 0.408 e. The van der Waals surface area contributed by atoms with E-state index in [4.69, 9.17) is 14.2 Å². The summed E-state index contributed by atoms with van der Waals surface area (Å²) in [6.45, 7) is 1.80. The molecule has 174 valence electrons. The molecule has 2 heterocycles. The predicted molar refractivity (Wildman–Crippen MR) is 103 cm³/mol. The molecular weight excluding hydrogens is 441 g/mol. The summed E-state index contributed by atoms with van der Waals surface area (Å²) in [6, 6.07) is -0.186. The van der Waals surface area contributed by atoms with Gasteiger partial charge in [-0.3, -0.25) is 0 Å². The summed E-state index contributed by atoms with van der Waals surface area (Å²) in [5.41, 5.74) is -0.848. The lowest BCUT2D eigenvalue weighted by atomic mass is 10.1. The van der Waals surface area contributed by atoms with Crippen LogP contribution < -0.4 is 10.1 Å². The maximum Gasteiger partial charge on any atom is 0.408 e. The molecule has 3 rings (SSSR count). The molecule has 1 unspecified atom stereocenters. The SMILES string of the molecule is COCCOCCOc1cc(F)c(-c2cnc3ncnn3c2NC(C)C(F)(F)F)c(F)c1. The minimum atomic E-state index is -4.62. The quantitative estimate of drug-likeness (QED) is 0.366. The molecule has 0 fully saturated rings. The third kappa shape index (κ3) is 5.40. The summed E-state index contributed by atoms with van der Waals surface area (Å²) in [7, 11) is 1.52. The molecule has 0 amide bonds. The number of anilines is 1. The van der Waals surface area contributed by atoms with Crippen LogP contribution in [0.1, 0.15) is 6.92 Å². The van der Waals surface area contributed by atoms with Crippen molar-refractivity contribution in [3.63, 3.8) is 0 Å². The number of halogens is 5. The minimum Gasteiger partial charge on any atom is -0.491 e. The van der Waals surface area contributed by atoms with Crippen LogP contribution in [-0.4, -0.2) is 65.3 Å². The van der Waals surface area contributed by atoms with Gasteiger partial charge in [0.1, 0.15) is 42.2 Å². The van der Waals surface area contributed by atoms with Crippen molar-refractivity contribution in [3.05, 3.63) is 36.3 Å². The Labute approximate surface area is 179 Å². The number of nitrogens with one attached hydrogen (secondary N) is 1. The molecule has 0 saturated heterocycles. The zero-order valence-electron chi connectivity index (χ0n) is 17.1. The molecule has 0 saturated carbocycles. The largest absolute Gasteiger partial charge is 0.491 e. The Morgan fingerprint density at radius 3 is 2.41 bits per heavy atom. The van der Waals surface area contributed by atoms with Crippen LogP contribution in [0.3, 0.4) is 0 Å². The Balaban J connectivity index is 1.90. The highest BCUT2D eigenvalue weighted by Crippen LogP contribution is 2.35. The van der Waals surface area contributed by atoms with Gasteiger partial charge in [-0.1, -0.05) is 0 Å². The van der Waals surface area contributed by atoms with Crippen molar-refractivity contribution in [1.82, 2.24) is 19.6 Å². The van der Waals surface area contributed by atoms with Crippen LogP contribution in [0.4, 0.5) is 27.8 Å². The van der Waals surface area contributed by atoms with Crippen molar-refractivity contribution in [2.75, 3.05) is 38.9 Å². The highest BCUT2D eigenvalue weighted by Gasteiger charge is 2.37. The summed E-state index contributed by atoms with van der Waals surface area (Å²) in [5, 5.41) is 6.02. The van der Waals surface area contributed by atoms with Crippen molar-refractivity contribution in [3.8, 4) is 16.9 Å². The van der Waals surface area contributed by atoms with E-state index in [0.29, 0.717) is 13.2 Å². The number of benzene rings is 1. The Hall–Kier alpha value is -3.06. The molecule has 0 spiro atoms. The van der Waals surface area contributed by atoms with E-state index in [2.05, 4.69) is 20.4 Å². The molecule has 1 atom stereocenters. The van der Waals surface area contributed by atoms with Crippen LogP contribution in [-0.2, 0) is 9.47 Å². The van der Waals surface area contributed by atoms with E-state index in [0.717, 1.165) is 36.1 Å². The number of fused-ring (bicyclic) bond motifs is 1. The lowest BCUT2D eigenvalue weighted by molar-refractivity contribution is -0.138. The molecule has 0 bridgehead atoms. The third-order valence-corrected chi connectivity index (χ3v) is 4.36. The number of nitrogens with zero attached hydrogens (tertiary/aromatic N) is 4. The third-order valence-electron chi connectivity index (χ3n) is 4.36. The average Bonchev–Trinajstić information content (AvgIpc) is 3.20. The minimum absolute atomic E-state index is 0.0321. The van der Waals surface area contributed by atoms with Crippen molar-refractivity contribution in [2.45, 2.75) is 19.1 Å². The molecule has 8 nitrogen and oxygen atoms in total. The van der Waals surface area contributed by atoms with Gasteiger partial charge >= 0.3 is 6.18 Å². The number of ether oxygens (including phenoxy) is 3. The fraction of sp³-hybridized carbons (Fsp3) is 0.421. The van der Waals surface area contributed by atoms with Gasteiger partial charge in [-0.15, -0.1) is 0 Å². The van der Waals surface area contributed by atoms with Crippen molar-refractivity contribution in [1.29, 1.82) is 0 Å². The van der Waals surface area contributed by atoms with Crippen molar-refractivity contribution in [2.24, 2.45) is 0 Å². The molecule has 32 heavy (non-hydrogen) atoms. The molecule has 1 aromatic carbocycles. The molecular formula is C19H20F5N5O3. The summed E-state index contributed by atoms with van der Waals surface area (Å²) < 4.78 is 85.3. The molecule has 2 aromatic heterocycles. The predicted octanol–water partition coefficient (Wildman–Crippen LogP) is 3.47. The first kappa shape index (κ1) is 23.6. The fourth-order valence-corrected chi connectivity index (χ4v) is 2.74. The van der Waals surface area contributed by atoms with E-state index in [9.17, 15) is 22.0 Å². The van der Waals surface area contributed by atoms with Crippen LogP contribution in [0.5, 0.6) is 5.75 Å². The van der Waals surface area contributed by atoms with Gasteiger partial charge in [-0.05, 0) is 6.92 Å². The number of aromatic nitrogens is 4. The number of methoxy groups -OCH3 is 1. The fourth-order valence-electron chi connectivity index (χ4n) is 2.74. The van der Waals surface area contributed by atoms with Gasteiger partial charge in [-0.25, -0.2) is 13.8 Å². The van der Waals surface area contributed by atoms with Gasteiger partial charge in [0.15, 0.2) is 0 Å². The maximum absolute atomic E-state index is 14.9. The number of hydrogen-bond acceptors (Lipinski definition) is 7. The Morgan fingerprint density at radius 1 is 1.06 bits per heavy atom. The highest BCUT2D eigenvalue weighted by molar-refractivity contribution is 5.77. The van der Waals surface area contributed by atoms with Crippen LogP contribution in [0.15, 0.2) is 24.7 Å². The molecule has 0 aliphatic rings. The zero-order chi connectivity index (χ0) is 23.3.